The molecule has 0 fully saturated rings. The van der Waals surface area contributed by atoms with Crippen LogP contribution in [0.1, 0.15) is 46.6 Å². The van der Waals surface area contributed by atoms with Crippen molar-refractivity contribution < 1.29 is 14.3 Å². The van der Waals surface area contributed by atoms with Gasteiger partial charge in [0.1, 0.15) is 11.5 Å². The van der Waals surface area contributed by atoms with Gasteiger partial charge in [0.25, 0.3) is 5.91 Å². The minimum atomic E-state index is -0.194. The molecule has 0 aliphatic rings. The number of carbonyl (C=O) groups excluding carboxylic acids is 1. The maximum atomic E-state index is 12.1. The standard InChI is InChI=1S/C22H29NO3/c1-6-22(4,5)17-7-11-19(12-8-17)25-15-21(24)23-18-9-13-20(14-10-18)26-16(2)3/h7-14,16H,6,15H2,1-5H3,(H,23,24). The predicted molar refractivity (Wildman–Crippen MR) is 106 cm³/mol. The van der Waals surface area contributed by atoms with Gasteiger partial charge in [0, 0.05) is 5.69 Å². The van der Waals surface area contributed by atoms with Gasteiger partial charge in [-0.15, -0.1) is 0 Å². The number of carbonyl (C=O) groups is 1. The average molecular weight is 355 g/mol. The van der Waals surface area contributed by atoms with Crippen LogP contribution in [0.4, 0.5) is 5.69 Å². The summed E-state index contributed by atoms with van der Waals surface area (Å²) >= 11 is 0. The predicted octanol–water partition coefficient (Wildman–Crippen LogP) is 5.18. The molecule has 26 heavy (non-hydrogen) atoms. The molecule has 2 aromatic carbocycles. The van der Waals surface area contributed by atoms with Gasteiger partial charge in [0.15, 0.2) is 6.61 Å². The number of rotatable bonds is 8. The fraction of sp³-hybridized carbons (Fsp3) is 0.409. The maximum absolute atomic E-state index is 12.1. The Morgan fingerprint density at radius 1 is 1.00 bits per heavy atom. The van der Waals surface area contributed by atoms with Gasteiger partial charge < -0.3 is 14.8 Å². The summed E-state index contributed by atoms with van der Waals surface area (Å²) in [7, 11) is 0. The minimum absolute atomic E-state index is 0.0270. The highest BCUT2D eigenvalue weighted by atomic mass is 16.5. The molecule has 0 atom stereocenters. The highest BCUT2D eigenvalue weighted by Crippen LogP contribution is 2.28. The van der Waals surface area contributed by atoms with Gasteiger partial charge in [0.05, 0.1) is 6.10 Å². The molecule has 1 N–H and O–H groups in total. The number of amides is 1. The summed E-state index contributed by atoms with van der Waals surface area (Å²) in [6.07, 6.45) is 1.19. The summed E-state index contributed by atoms with van der Waals surface area (Å²) in [6, 6.07) is 15.3. The molecule has 2 aromatic rings. The molecular weight excluding hydrogens is 326 g/mol. The summed E-state index contributed by atoms with van der Waals surface area (Å²) in [5.41, 5.74) is 2.12. The van der Waals surface area contributed by atoms with E-state index >= 15 is 0 Å². The van der Waals surface area contributed by atoms with Crippen molar-refractivity contribution in [2.45, 2.75) is 52.6 Å². The Kier molecular flexibility index (Phi) is 6.67. The first kappa shape index (κ1) is 19.8. The second kappa shape index (κ2) is 8.75. The van der Waals surface area contributed by atoms with Crippen LogP contribution >= 0.6 is 0 Å². The first-order valence-corrected chi connectivity index (χ1v) is 9.10. The molecule has 0 saturated heterocycles. The molecule has 0 unspecified atom stereocenters. The van der Waals surface area contributed by atoms with Gasteiger partial charge in [-0.1, -0.05) is 32.9 Å². The van der Waals surface area contributed by atoms with Crippen molar-refractivity contribution in [1.82, 2.24) is 0 Å². The molecule has 0 spiro atoms. The van der Waals surface area contributed by atoms with Crippen LogP contribution in [-0.4, -0.2) is 18.6 Å². The molecule has 0 aliphatic heterocycles. The van der Waals surface area contributed by atoms with Crippen molar-refractivity contribution in [2.75, 3.05) is 11.9 Å². The number of nitrogens with one attached hydrogen (secondary N) is 1. The third-order valence-electron chi connectivity index (χ3n) is 4.40. The van der Waals surface area contributed by atoms with Crippen molar-refractivity contribution >= 4 is 11.6 Å². The van der Waals surface area contributed by atoms with Crippen LogP contribution < -0.4 is 14.8 Å². The van der Waals surface area contributed by atoms with E-state index in [9.17, 15) is 4.79 Å². The largest absolute Gasteiger partial charge is 0.491 e. The van der Waals surface area contributed by atoms with Crippen molar-refractivity contribution in [3.05, 3.63) is 54.1 Å². The summed E-state index contributed by atoms with van der Waals surface area (Å²) in [4.78, 5) is 12.1. The number of anilines is 1. The molecule has 2 rings (SSSR count). The van der Waals surface area contributed by atoms with E-state index in [1.165, 1.54) is 5.56 Å². The highest BCUT2D eigenvalue weighted by Gasteiger charge is 2.17. The van der Waals surface area contributed by atoms with Crippen LogP contribution in [0.3, 0.4) is 0 Å². The van der Waals surface area contributed by atoms with Gasteiger partial charge in [-0.3, -0.25) is 4.79 Å². The summed E-state index contributed by atoms with van der Waals surface area (Å²) < 4.78 is 11.2. The van der Waals surface area contributed by atoms with Crippen LogP contribution in [0.5, 0.6) is 11.5 Å². The van der Waals surface area contributed by atoms with E-state index in [0.29, 0.717) is 5.75 Å². The zero-order chi connectivity index (χ0) is 19.2. The molecule has 0 aromatic heterocycles. The summed E-state index contributed by atoms with van der Waals surface area (Å²) in [5.74, 6) is 1.28. The molecular formula is C22H29NO3. The fourth-order valence-corrected chi connectivity index (χ4v) is 2.44. The quantitative estimate of drug-likeness (QED) is 0.710. The summed E-state index contributed by atoms with van der Waals surface area (Å²) in [5, 5.41) is 2.82. The van der Waals surface area contributed by atoms with E-state index in [4.69, 9.17) is 9.47 Å². The Balaban J connectivity index is 1.85. The molecule has 4 heteroatoms. The first-order valence-electron chi connectivity index (χ1n) is 9.10. The van der Waals surface area contributed by atoms with Crippen molar-refractivity contribution in [2.24, 2.45) is 0 Å². The molecule has 0 radical (unpaired) electrons. The van der Waals surface area contributed by atoms with E-state index < -0.39 is 0 Å². The van der Waals surface area contributed by atoms with Crippen LogP contribution in [-0.2, 0) is 10.2 Å². The Labute approximate surface area is 156 Å². The van der Waals surface area contributed by atoms with E-state index in [0.717, 1.165) is 17.9 Å². The van der Waals surface area contributed by atoms with Crippen LogP contribution in [0, 0.1) is 0 Å². The molecule has 0 bridgehead atoms. The molecule has 1 amide bonds. The van der Waals surface area contributed by atoms with Crippen molar-refractivity contribution in [3.8, 4) is 11.5 Å². The van der Waals surface area contributed by atoms with Gasteiger partial charge in [-0.25, -0.2) is 0 Å². The molecule has 0 saturated carbocycles. The lowest BCUT2D eigenvalue weighted by molar-refractivity contribution is -0.118. The number of hydrogen-bond donors (Lipinski definition) is 1. The normalized spacial score (nSPS) is 11.3. The molecule has 4 nitrogen and oxygen atoms in total. The van der Waals surface area contributed by atoms with Gasteiger partial charge in [-0.05, 0) is 67.6 Å². The average Bonchev–Trinajstić information content (AvgIpc) is 2.61. The van der Waals surface area contributed by atoms with E-state index in [1.54, 1.807) is 0 Å². The second-order valence-electron chi connectivity index (χ2n) is 7.29. The first-order chi connectivity index (χ1) is 12.3. The van der Waals surface area contributed by atoms with Gasteiger partial charge >= 0.3 is 0 Å². The number of hydrogen-bond acceptors (Lipinski definition) is 3. The monoisotopic (exact) mass is 355 g/mol. The lowest BCUT2D eigenvalue weighted by Gasteiger charge is -2.23. The summed E-state index contributed by atoms with van der Waals surface area (Å²) in [6.45, 7) is 10.5. The van der Waals surface area contributed by atoms with Crippen LogP contribution in [0.2, 0.25) is 0 Å². The molecule has 0 heterocycles. The molecule has 140 valence electrons. The van der Waals surface area contributed by atoms with E-state index in [2.05, 4.69) is 38.2 Å². The Morgan fingerprint density at radius 2 is 1.58 bits per heavy atom. The lowest BCUT2D eigenvalue weighted by atomic mass is 9.82. The van der Waals surface area contributed by atoms with E-state index in [1.807, 2.05) is 50.2 Å². The lowest BCUT2D eigenvalue weighted by Crippen LogP contribution is -2.20. The fourth-order valence-electron chi connectivity index (χ4n) is 2.44. The van der Waals surface area contributed by atoms with Gasteiger partial charge in [0.2, 0.25) is 0 Å². The van der Waals surface area contributed by atoms with Crippen LogP contribution in [0.15, 0.2) is 48.5 Å². The van der Waals surface area contributed by atoms with Gasteiger partial charge in [-0.2, -0.15) is 0 Å². The Bertz CT molecular complexity index is 703. The minimum Gasteiger partial charge on any atom is -0.491 e. The highest BCUT2D eigenvalue weighted by molar-refractivity contribution is 5.91. The zero-order valence-electron chi connectivity index (χ0n) is 16.3. The number of benzene rings is 2. The maximum Gasteiger partial charge on any atom is 0.262 e. The zero-order valence-corrected chi connectivity index (χ0v) is 16.3. The van der Waals surface area contributed by atoms with Crippen molar-refractivity contribution in [1.29, 1.82) is 0 Å². The third-order valence-corrected chi connectivity index (χ3v) is 4.40. The Hall–Kier alpha value is -2.49. The van der Waals surface area contributed by atoms with Crippen molar-refractivity contribution in [3.63, 3.8) is 0 Å². The SMILES string of the molecule is CCC(C)(C)c1ccc(OCC(=O)Nc2ccc(OC(C)C)cc2)cc1. The Morgan fingerprint density at radius 3 is 2.12 bits per heavy atom. The second-order valence-corrected chi connectivity index (χ2v) is 7.29. The number of ether oxygens (including phenoxy) is 2. The topological polar surface area (TPSA) is 47.6 Å². The smallest absolute Gasteiger partial charge is 0.262 e. The molecule has 0 aliphatic carbocycles. The van der Waals surface area contributed by atoms with E-state index in [-0.39, 0.29) is 24.0 Å². The third kappa shape index (κ3) is 5.80. The van der Waals surface area contributed by atoms with Crippen LogP contribution in [0.25, 0.3) is 0 Å².